The van der Waals surface area contributed by atoms with Crippen LogP contribution in [0, 0.1) is 5.92 Å². The summed E-state index contributed by atoms with van der Waals surface area (Å²) in [4.78, 5) is 17.1. The first kappa shape index (κ1) is 13.8. The topological polar surface area (TPSA) is 96.7 Å². The van der Waals surface area contributed by atoms with Crippen LogP contribution in [0.5, 0.6) is 0 Å². The standard InChI is InChI=1S/C14H15N5OS/c15-10-2-1-9(7-10)13(20)18-11-3-5-12(6-4-11)21-14-16-8-17-19-14/h1-6,8-10H,7,15H2,(H,18,20)(H,16,17,19). The van der Waals surface area contributed by atoms with Crippen molar-refractivity contribution >= 4 is 23.4 Å². The molecule has 1 amide bonds. The number of nitrogens with two attached hydrogens (primary N) is 1. The van der Waals surface area contributed by atoms with Crippen molar-refractivity contribution < 1.29 is 4.79 Å². The largest absolute Gasteiger partial charge is 0.326 e. The SMILES string of the molecule is NC1C=CC(C(=O)Nc2ccc(Sc3ncn[nH]3)cc2)C1. The molecule has 0 saturated heterocycles. The number of H-pyrrole nitrogens is 1. The lowest BCUT2D eigenvalue weighted by Crippen LogP contribution is -2.23. The van der Waals surface area contributed by atoms with Crippen molar-refractivity contribution in [1.82, 2.24) is 15.2 Å². The highest BCUT2D eigenvalue weighted by molar-refractivity contribution is 7.99. The average Bonchev–Trinajstić information content (AvgIpc) is 3.12. The molecule has 0 radical (unpaired) electrons. The highest BCUT2D eigenvalue weighted by Gasteiger charge is 2.22. The second-order valence-corrected chi connectivity index (χ2v) is 5.86. The Labute approximate surface area is 126 Å². The molecule has 3 rings (SSSR count). The van der Waals surface area contributed by atoms with Crippen molar-refractivity contribution in [2.24, 2.45) is 11.7 Å². The van der Waals surface area contributed by atoms with Gasteiger partial charge in [-0.15, -0.1) is 0 Å². The van der Waals surface area contributed by atoms with E-state index in [1.54, 1.807) is 0 Å². The first-order valence-corrected chi connectivity index (χ1v) is 7.40. The number of nitrogens with one attached hydrogen (secondary N) is 2. The first-order valence-electron chi connectivity index (χ1n) is 6.59. The van der Waals surface area contributed by atoms with Gasteiger partial charge in [-0.1, -0.05) is 23.9 Å². The molecule has 0 fully saturated rings. The summed E-state index contributed by atoms with van der Waals surface area (Å²) in [5, 5.41) is 10.2. The van der Waals surface area contributed by atoms with Crippen molar-refractivity contribution in [3.05, 3.63) is 42.7 Å². The number of amides is 1. The monoisotopic (exact) mass is 301 g/mol. The van der Waals surface area contributed by atoms with Gasteiger partial charge in [0.15, 0.2) is 5.16 Å². The van der Waals surface area contributed by atoms with Gasteiger partial charge in [0, 0.05) is 16.6 Å². The number of nitrogens with zero attached hydrogens (tertiary/aromatic N) is 2. The third kappa shape index (κ3) is 3.50. The van der Waals surface area contributed by atoms with Gasteiger partial charge in [0.05, 0.1) is 5.92 Å². The lowest BCUT2D eigenvalue weighted by Gasteiger charge is -2.10. The fourth-order valence-corrected chi connectivity index (χ4v) is 2.81. The number of anilines is 1. The van der Waals surface area contributed by atoms with E-state index in [-0.39, 0.29) is 17.9 Å². The zero-order valence-electron chi connectivity index (χ0n) is 11.2. The molecule has 1 aliphatic carbocycles. The normalized spacial score (nSPS) is 20.6. The zero-order chi connectivity index (χ0) is 14.7. The van der Waals surface area contributed by atoms with Crippen LogP contribution in [-0.4, -0.2) is 27.1 Å². The molecule has 21 heavy (non-hydrogen) atoms. The van der Waals surface area contributed by atoms with E-state index < -0.39 is 0 Å². The molecular formula is C14H15N5OS. The van der Waals surface area contributed by atoms with Crippen LogP contribution in [0.25, 0.3) is 0 Å². The zero-order valence-corrected chi connectivity index (χ0v) is 12.0. The van der Waals surface area contributed by atoms with Crippen molar-refractivity contribution in [3.8, 4) is 0 Å². The Morgan fingerprint density at radius 1 is 1.33 bits per heavy atom. The molecule has 4 N–H and O–H groups in total. The van der Waals surface area contributed by atoms with Crippen LogP contribution in [-0.2, 0) is 4.79 Å². The van der Waals surface area contributed by atoms with Crippen LogP contribution in [0.2, 0.25) is 0 Å². The number of carbonyl (C=O) groups is 1. The van der Waals surface area contributed by atoms with Crippen LogP contribution >= 0.6 is 11.8 Å². The Bertz CT molecular complexity index is 638. The number of hydrogen-bond donors (Lipinski definition) is 3. The van der Waals surface area contributed by atoms with E-state index >= 15 is 0 Å². The molecule has 2 aromatic rings. The predicted octanol–water partition coefficient (Wildman–Crippen LogP) is 1.80. The number of carbonyl (C=O) groups excluding carboxylic acids is 1. The van der Waals surface area contributed by atoms with E-state index in [1.165, 1.54) is 18.1 Å². The van der Waals surface area contributed by atoms with Crippen LogP contribution in [0.3, 0.4) is 0 Å². The van der Waals surface area contributed by atoms with E-state index in [0.29, 0.717) is 6.42 Å². The summed E-state index contributed by atoms with van der Waals surface area (Å²) in [5.74, 6) is -0.155. The van der Waals surface area contributed by atoms with Crippen LogP contribution in [0.4, 0.5) is 5.69 Å². The number of hydrogen-bond acceptors (Lipinski definition) is 5. The van der Waals surface area contributed by atoms with E-state index in [9.17, 15) is 4.79 Å². The lowest BCUT2D eigenvalue weighted by molar-refractivity contribution is -0.118. The number of aromatic amines is 1. The van der Waals surface area contributed by atoms with E-state index in [2.05, 4.69) is 20.5 Å². The molecule has 1 aliphatic rings. The van der Waals surface area contributed by atoms with Gasteiger partial charge in [0.1, 0.15) is 6.33 Å². The Kier molecular flexibility index (Phi) is 4.03. The quantitative estimate of drug-likeness (QED) is 0.748. The molecule has 108 valence electrons. The Morgan fingerprint density at radius 3 is 2.76 bits per heavy atom. The van der Waals surface area contributed by atoms with Gasteiger partial charge in [0.2, 0.25) is 5.91 Å². The second kappa shape index (κ2) is 6.11. The fourth-order valence-electron chi connectivity index (χ4n) is 2.12. The molecule has 0 spiro atoms. The van der Waals surface area contributed by atoms with Gasteiger partial charge in [-0.2, -0.15) is 5.10 Å². The van der Waals surface area contributed by atoms with Crippen LogP contribution in [0.1, 0.15) is 6.42 Å². The van der Waals surface area contributed by atoms with Crippen LogP contribution < -0.4 is 11.1 Å². The Balaban J connectivity index is 1.59. The molecule has 1 heterocycles. The van der Waals surface area contributed by atoms with Crippen LogP contribution in [0.15, 0.2) is 52.8 Å². The maximum absolute atomic E-state index is 12.1. The summed E-state index contributed by atoms with van der Waals surface area (Å²) in [6.07, 6.45) is 5.89. The van der Waals surface area contributed by atoms with E-state index in [0.717, 1.165) is 15.7 Å². The minimum Gasteiger partial charge on any atom is -0.326 e. The highest BCUT2D eigenvalue weighted by Crippen LogP contribution is 2.25. The Morgan fingerprint density at radius 2 is 2.14 bits per heavy atom. The maximum Gasteiger partial charge on any atom is 0.231 e. The molecule has 0 bridgehead atoms. The summed E-state index contributed by atoms with van der Waals surface area (Å²) < 4.78 is 0. The first-order chi connectivity index (χ1) is 10.2. The summed E-state index contributed by atoms with van der Waals surface area (Å²) >= 11 is 1.48. The van der Waals surface area contributed by atoms with E-state index in [1.807, 2.05) is 36.4 Å². The highest BCUT2D eigenvalue weighted by atomic mass is 32.2. The number of rotatable bonds is 4. The number of aromatic nitrogens is 3. The van der Waals surface area contributed by atoms with Gasteiger partial charge < -0.3 is 11.1 Å². The molecule has 6 nitrogen and oxygen atoms in total. The van der Waals surface area contributed by atoms with Gasteiger partial charge in [-0.3, -0.25) is 9.89 Å². The van der Waals surface area contributed by atoms with Gasteiger partial charge in [-0.25, -0.2) is 4.98 Å². The molecule has 7 heteroatoms. The third-order valence-corrected chi connectivity index (χ3v) is 4.08. The van der Waals surface area contributed by atoms with E-state index in [4.69, 9.17) is 5.73 Å². The molecule has 0 aliphatic heterocycles. The average molecular weight is 301 g/mol. The predicted molar refractivity (Wildman–Crippen MR) is 80.8 cm³/mol. The van der Waals surface area contributed by atoms with Gasteiger partial charge in [-0.05, 0) is 30.7 Å². The fraction of sp³-hybridized carbons (Fsp3) is 0.214. The van der Waals surface area contributed by atoms with Crippen molar-refractivity contribution in [2.45, 2.75) is 22.5 Å². The summed E-state index contributed by atoms with van der Waals surface area (Å²) in [7, 11) is 0. The minimum atomic E-state index is -0.136. The lowest BCUT2D eigenvalue weighted by atomic mass is 10.1. The molecule has 2 atom stereocenters. The second-order valence-electron chi connectivity index (χ2n) is 4.80. The molecule has 0 saturated carbocycles. The summed E-state index contributed by atoms with van der Waals surface area (Å²) in [6, 6.07) is 7.59. The Hall–Kier alpha value is -2.12. The van der Waals surface area contributed by atoms with Crippen molar-refractivity contribution in [2.75, 3.05) is 5.32 Å². The molecule has 2 unspecified atom stereocenters. The molecular weight excluding hydrogens is 286 g/mol. The minimum absolute atomic E-state index is 0.0126. The molecule has 1 aromatic heterocycles. The smallest absolute Gasteiger partial charge is 0.231 e. The van der Waals surface area contributed by atoms with Gasteiger partial charge in [0.25, 0.3) is 0 Å². The summed E-state index contributed by atoms with van der Waals surface area (Å²) in [5.41, 5.74) is 6.53. The number of benzene rings is 1. The van der Waals surface area contributed by atoms with Crippen molar-refractivity contribution in [3.63, 3.8) is 0 Å². The maximum atomic E-state index is 12.1. The van der Waals surface area contributed by atoms with Gasteiger partial charge >= 0.3 is 0 Å². The molecule has 1 aromatic carbocycles. The summed E-state index contributed by atoms with van der Waals surface area (Å²) in [6.45, 7) is 0. The van der Waals surface area contributed by atoms with Crippen molar-refractivity contribution in [1.29, 1.82) is 0 Å². The third-order valence-electron chi connectivity index (χ3n) is 3.18.